The second kappa shape index (κ2) is 7.89. The van der Waals surface area contributed by atoms with Crippen molar-refractivity contribution in [3.63, 3.8) is 0 Å². The van der Waals surface area contributed by atoms with Crippen LogP contribution in [-0.2, 0) is 3.74 Å². The molecule has 0 unspecified atom stereocenters. The molecule has 0 amide bonds. The van der Waals surface area contributed by atoms with Crippen LogP contribution in [0.5, 0.6) is 11.5 Å². The first-order valence-electron chi connectivity index (χ1n) is 7.82. The van der Waals surface area contributed by atoms with Crippen molar-refractivity contribution < 1.29 is 26.9 Å². The van der Waals surface area contributed by atoms with E-state index < -0.39 is 14.2 Å². The van der Waals surface area contributed by atoms with Crippen molar-refractivity contribution in [2.24, 2.45) is 10.2 Å². The van der Waals surface area contributed by atoms with Gasteiger partial charge in [-0.2, -0.15) is 0 Å². The van der Waals surface area contributed by atoms with E-state index in [9.17, 15) is 17.0 Å². The van der Waals surface area contributed by atoms with Crippen LogP contribution in [0.1, 0.15) is 0 Å². The Morgan fingerprint density at radius 2 is 1.85 bits per heavy atom. The van der Waals surface area contributed by atoms with Crippen molar-refractivity contribution in [2.45, 2.75) is 0 Å². The molecule has 140 valence electrons. The molecule has 1 aromatic heterocycles. The molecule has 0 atom stereocenters. The molecule has 0 fully saturated rings. The summed E-state index contributed by atoms with van der Waals surface area (Å²) in [5.41, 5.74) is 0.879. The standard InChI is InChI=1S/C17H16AsN3O6/c22-8-9-27-16-6-3-11(18(24,25)26)10-14(16)21-20-13-4-5-15(23)17-12(13)2-1-7-19-17/h1-7,10,22-23H,8-9H2,(H2,24,25,26). The Bertz CT molecular complexity index is 1050. The second-order valence-electron chi connectivity index (χ2n) is 5.47. The summed E-state index contributed by atoms with van der Waals surface area (Å²) < 4.78 is 35.6. The van der Waals surface area contributed by atoms with Gasteiger partial charge in [-0.1, -0.05) is 0 Å². The number of hydrogen-bond donors (Lipinski definition) is 4. The van der Waals surface area contributed by atoms with E-state index in [1.54, 1.807) is 18.2 Å². The van der Waals surface area contributed by atoms with Gasteiger partial charge in [0.05, 0.1) is 0 Å². The summed E-state index contributed by atoms with van der Waals surface area (Å²) in [6, 6.07) is 10.2. The summed E-state index contributed by atoms with van der Waals surface area (Å²) in [5.74, 6) is 0.226. The Morgan fingerprint density at radius 1 is 1.07 bits per heavy atom. The zero-order chi connectivity index (χ0) is 19.4. The normalized spacial score (nSPS) is 12.0. The molecule has 0 radical (unpaired) electrons. The van der Waals surface area contributed by atoms with E-state index in [1.165, 1.54) is 30.5 Å². The molecule has 0 saturated heterocycles. The number of pyridine rings is 1. The van der Waals surface area contributed by atoms with Gasteiger partial charge in [-0.3, -0.25) is 0 Å². The van der Waals surface area contributed by atoms with Crippen molar-refractivity contribution in [3.05, 3.63) is 48.7 Å². The number of benzene rings is 2. The maximum absolute atomic E-state index is 11.6. The van der Waals surface area contributed by atoms with Gasteiger partial charge < -0.3 is 0 Å². The quantitative estimate of drug-likeness (QED) is 0.339. The van der Waals surface area contributed by atoms with Gasteiger partial charge >= 0.3 is 156 Å². The summed E-state index contributed by atoms with van der Waals surface area (Å²) >= 11 is -5.13. The van der Waals surface area contributed by atoms with E-state index in [0.29, 0.717) is 16.6 Å². The molecule has 4 N–H and O–H groups in total. The molecule has 3 aromatic rings. The molecule has 1 heterocycles. The average Bonchev–Trinajstić information content (AvgIpc) is 2.65. The molecule has 2 aromatic carbocycles. The number of rotatable bonds is 6. The van der Waals surface area contributed by atoms with E-state index >= 15 is 0 Å². The van der Waals surface area contributed by atoms with Crippen LogP contribution in [0.4, 0.5) is 11.4 Å². The van der Waals surface area contributed by atoms with Crippen LogP contribution in [0, 0.1) is 0 Å². The monoisotopic (exact) mass is 433 g/mol. The average molecular weight is 433 g/mol. The molecule has 0 aliphatic carbocycles. The number of phenolic OH excluding ortho intramolecular Hbond substituents is 1. The molecule has 3 rings (SSSR count). The van der Waals surface area contributed by atoms with Gasteiger partial charge in [0.25, 0.3) is 0 Å². The van der Waals surface area contributed by atoms with Crippen LogP contribution in [0.2, 0.25) is 0 Å². The van der Waals surface area contributed by atoms with Gasteiger partial charge in [0, 0.05) is 0 Å². The number of fused-ring (bicyclic) bond motifs is 1. The number of nitrogens with zero attached hydrogens (tertiary/aromatic N) is 3. The number of ether oxygens (including phenoxy) is 1. The van der Waals surface area contributed by atoms with Gasteiger partial charge in [0.15, 0.2) is 0 Å². The summed E-state index contributed by atoms with van der Waals surface area (Å²) in [5, 5.41) is 27.6. The van der Waals surface area contributed by atoms with E-state index in [-0.39, 0.29) is 34.8 Å². The van der Waals surface area contributed by atoms with Gasteiger partial charge in [-0.05, 0) is 0 Å². The van der Waals surface area contributed by atoms with Crippen molar-refractivity contribution >= 4 is 40.8 Å². The van der Waals surface area contributed by atoms with Crippen molar-refractivity contribution in [2.75, 3.05) is 13.2 Å². The Labute approximate surface area is 156 Å². The Balaban J connectivity index is 2.06. The fraction of sp³-hybridized carbons (Fsp3) is 0.118. The summed E-state index contributed by atoms with van der Waals surface area (Å²) in [4.78, 5) is 4.10. The van der Waals surface area contributed by atoms with Crippen LogP contribution in [0.25, 0.3) is 10.9 Å². The fourth-order valence-electron chi connectivity index (χ4n) is 2.38. The molecule has 0 aliphatic heterocycles. The Morgan fingerprint density at radius 3 is 2.59 bits per heavy atom. The van der Waals surface area contributed by atoms with Crippen LogP contribution in [0.3, 0.4) is 0 Å². The number of aliphatic hydroxyl groups is 1. The van der Waals surface area contributed by atoms with Crippen molar-refractivity contribution in [1.29, 1.82) is 0 Å². The second-order valence-corrected chi connectivity index (χ2v) is 8.84. The van der Waals surface area contributed by atoms with Crippen molar-refractivity contribution in [1.82, 2.24) is 4.98 Å². The van der Waals surface area contributed by atoms with Crippen LogP contribution >= 0.6 is 0 Å². The van der Waals surface area contributed by atoms with Gasteiger partial charge in [0.2, 0.25) is 0 Å². The third-order valence-corrected chi connectivity index (χ3v) is 5.61. The first-order valence-corrected chi connectivity index (χ1v) is 11.2. The van der Waals surface area contributed by atoms with Gasteiger partial charge in [-0.25, -0.2) is 0 Å². The first-order chi connectivity index (χ1) is 12.9. The van der Waals surface area contributed by atoms with Gasteiger partial charge in [-0.15, -0.1) is 0 Å². The Kier molecular flexibility index (Phi) is 5.57. The predicted molar refractivity (Wildman–Crippen MR) is 97.1 cm³/mol. The topological polar surface area (TPSA) is 145 Å². The predicted octanol–water partition coefficient (Wildman–Crippen LogP) is 1.29. The third-order valence-electron chi connectivity index (χ3n) is 3.62. The zero-order valence-electron chi connectivity index (χ0n) is 13.9. The zero-order valence-corrected chi connectivity index (χ0v) is 15.8. The molecule has 0 aliphatic rings. The first kappa shape index (κ1) is 19.1. The molecule has 27 heavy (non-hydrogen) atoms. The number of aromatic nitrogens is 1. The molecule has 0 saturated carbocycles. The number of aromatic hydroxyl groups is 1. The van der Waals surface area contributed by atoms with Crippen LogP contribution in [0.15, 0.2) is 58.9 Å². The number of phenols is 1. The molecule has 0 spiro atoms. The van der Waals surface area contributed by atoms with E-state index in [4.69, 9.17) is 9.84 Å². The van der Waals surface area contributed by atoms with Gasteiger partial charge in [0.1, 0.15) is 0 Å². The number of azo groups is 1. The third kappa shape index (κ3) is 4.34. The molecule has 0 bridgehead atoms. The van der Waals surface area contributed by atoms with E-state index in [2.05, 4.69) is 15.2 Å². The maximum atomic E-state index is 11.6. The van der Waals surface area contributed by atoms with Crippen molar-refractivity contribution in [3.8, 4) is 11.5 Å². The molecule has 10 heteroatoms. The molecule has 9 nitrogen and oxygen atoms in total. The Hall–Kier alpha value is -2.71. The summed E-state index contributed by atoms with van der Waals surface area (Å²) in [7, 11) is 0. The van der Waals surface area contributed by atoms with Crippen LogP contribution < -0.4 is 9.09 Å². The minimum atomic E-state index is -5.13. The SMILES string of the molecule is O=[As](O)(O)c1ccc(OCCO)c(N=Nc2ccc(O)c3ncccc23)c1. The number of hydrogen-bond acceptors (Lipinski definition) is 7. The summed E-state index contributed by atoms with van der Waals surface area (Å²) in [6.07, 6.45) is 1.54. The van der Waals surface area contributed by atoms with E-state index in [1.807, 2.05) is 0 Å². The minimum absolute atomic E-state index is 0.00244. The molecular formula is C17H16AsN3O6. The molecular weight excluding hydrogens is 417 g/mol. The fourth-order valence-corrected chi connectivity index (χ4v) is 3.55. The van der Waals surface area contributed by atoms with Crippen LogP contribution in [-0.4, -0.2) is 50.8 Å². The number of aliphatic hydroxyl groups excluding tert-OH is 1. The van der Waals surface area contributed by atoms with E-state index in [0.717, 1.165) is 0 Å². The summed E-state index contributed by atoms with van der Waals surface area (Å²) in [6.45, 7) is -0.232.